The lowest BCUT2D eigenvalue weighted by molar-refractivity contribution is 0.0647. The van der Waals surface area contributed by atoms with Crippen molar-refractivity contribution in [3.63, 3.8) is 0 Å². The van der Waals surface area contributed by atoms with Gasteiger partial charge in [0.2, 0.25) is 0 Å². The second-order valence-corrected chi connectivity index (χ2v) is 5.91. The Bertz CT molecular complexity index is 1030. The van der Waals surface area contributed by atoms with Crippen molar-refractivity contribution in [1.29, 1.82) is 0 Å². The summed E-state index contributed by atoms with van der Waals surface area (Å²) in [7, 11) is 1.61. The number of pyridine rings is 1. The Hall–Kier alpha value is -3.55. The van der Waals surface area contributed by atoms with E-state index in [4.69, 9.17) is 0 Å². The number of rotatable bonds is 4. The largest absolute Gasteiger partial charge is 0.346 e. The molecule has 8 heteroatoms. The Morgan fingerprint density at radius 1 is 0.885 bits per heavy atom. The van der Waals surface area contributed by atoms with Crippen LogP contribution in [0, 0.1) is 0 Å². The molecule has 0 aliphatic carbocycles. The number of nitrogens with zero attached hydrogens (tertiary/aromatic N) is 5. The fourth-order valence-electron chi connectivity index (χ4n) is 2.99. The van der Waals surface area contributed by atoms with Crippen molar-refractivity contribution in [3.05, 3.63) is 70.3 Å². The van der Waals surface area contributed by atoms with E-state index in [1.165, 1.54) is 9.25 Å². The summed E-state index contributed by atoms with van der Waals surface area (Å²) in [5.74, 6) is -0.267. The maximum Gasteiger partial charge on any atom is 0.346 e. The van der Waals surface area contributed by atoms with Crippen LogP contribution in [0.25, 0.3) is 11.5 Å². The van der Waals surface area contributed by atoms with Gasteiger partial charge in [0, 0.05) is 19.8 Å². The Morgan fingerprint density at radius 3 is 2.15 bits per heavy atom. The summed E-state index contributed by atoms with van der Waals surface area (Å²) in [5.41, 5.74) is 1.02. The molecule has 130 valence electrons. The highest BCUT2D eigenvalue weighted by Gasteiger charge is 2.34. The van der Waals surface area contributed by atoms with E-state index in [1.54, 1.807) is 49.6 Å². The van der Waals surface area contributed by atoms with E-state index in [-0.39, 0.29) is 30.6 Å². The van der Waals surface area contributed by atoms with E-state index >= 15 is 0 Å². The molecular weight excluding hydrogens is 334 g/mol. The Kier molecular flexibility index (Phi) is 3.72. The fourth-order valence-corrected chi connectivity index (χ4v) is 2.99. The lowest BCUT2D eigenvalue weighted by Gasteiger charge is -2.12. The lowest BCUT2D eigenvalue weighted by atomic mass is 10.1. The number of hydrogen-bond donors (Lipinski definition) is 0. The number of hydrogen-bond acceptors (Lipinski definition) is 5. The van der Waals surface area contributed by atoms with Crippen molar-refractivity contribution in [2.45, 2.75) is 6.54 Å². The topological polar surface area (TPSA) is 90.1 Å². The first-order chi connectivity index (χ1) is 12.6. The summed E-state index contributed by atoms with van der Waals surface area (Å²) >= 11 is 0. The lowest BCUT2D eigenvalue weighted by Crippen LogP contribution is -2.35. The zero-order valence-corrected chi connectivity index (χ0v) is 14.0. The van der Waals surface area contributed by atoms with Crippen molar-refractivity contribution < 1.29 is 9.59 Å². The molecule has 2 aromatic heterocycles. The monoisotopic (exact) mass is 349 g/mol. The first-order valence-electron chi connectivity index (χ1n) is 8.08. The maximum atomic E-state index is 12.4. The van der Waals surface area contributed by atoms with Gasteiger partial charge < -0.3 is 0 Å². The van der Waals surface area contributed by atoms with Crippen LogP contribution in [0.15, 0.2) is 53.5 Å². The highest BCUT2D eigenvalue weighted by atomic mass is 16.2. The number of amides is 2. The molecule has 1 aliphatic heterocycles. The Balaban J connectivity index is 1.58. The quantitative estimate of drug-likeness (QED) is 0.654. The molecule has 0 radical (unpaired) electrons. The molecule has 0 N–H and O–H groups in total. The van der Waals surface area contributed by atoms with Crippen molar-refractivity contribution in [2.24, 2.45) is 7.05 Å². The third-order valence-electron chi connectivity index (χ3n) is 4.35. The van der Waals surface area contributed by atoms with Crippen LogP contribution in [-0.4, -0.2) is 42.6 Å². The fraction of sp³-hybridized carbons (Fsp3) is 0.167. The summed E-state index contributed by atoms with van der Waals surface area (Å²) in [5, 5.41) is 4.30. The zero-order chi connectivity index (χ0) is 18.3. The average molecular weight is 349 g/mol. The molecule has 4 rings (SSSR count). The van der Waals surface area contributed by atoms with Gasteiger partial charge in [0.25, 0.3) is 11.8 Å². The smallest absolute Gasteiger partial charge is 0.277 e. The van der Waals surface area contributed by atoms with E-state index in [2.05, 4.69) is 10.1 Å². The van der Waals surface area contributed by atoms with Crippen LogP contribution in [-0.2, 0) is 13.6 Å². The van der Waals surface area contributed by atoms with Gasteiger partial charge in [-0.3, -0.25) is 24.0 Å². The average Bonchev–Trinajstić information content (AvgIpc) is 3.09. The van der Waals surface area contributed by atoms with E-state index in [9.17, 15) is 14.4 Å². The molecule has 0 saturated heterocycles. The van der Waals surface area contributed by atoms with Crippen molar-refractivity contribution in [2.75, 3.05) is 6.54 Å². The van der Waals surface area contributed by atoms with Crippen LogP contribution in [0.3, 0.4) is 0 Å². The molecule has 1 aromatic carbocycles. The van der Waals surface area contributed by atoms with Crippen molar-refractivity contribution in [3.8, 4) is 11.5 Å². The summed E-state index contributed by atoms with van der Waals surface area (Å²) in [4.78, 5) is 42.5. The predicted octanol–water partition coefficient (Wildman–Crippen LogP) is 0.940. The zero-order valence-electron chi connectivity index (χ0n) is 14.0. The summed E-state index contributed by atoms with van der Waals surface area (Å²) in [6.45, 7) is 0.190. The molecule has 0 fully saturated rings. The molecule has 3 aromatic rings. The molecule has 0 saturated carbocycles. The van der Waals surface area contributed by atoms with Crippen LogP contribution < -0.4 is 5.69 Å². The SMILES string of the molecule is Cn1c(-c2ccccn2)nn(CCN2C(=O)c3ccccc3C2=O)c1=O. The number of fused-ring (bicyclic) bond motifs is 1. The summed E-state index contributed by atoms with van der Waals surface area (Å²) in [6.07, 6.45) is 1.62. The van der Waals surface area contributed by atoms with Crippen LogP contribution in [0.4, 0.5) is 0 Å². The minimum Gasteiger partial charge on any atom is -0.277 e. The van der Waals surface area contributed by atoms with E-state index in [1.807, 2.05) is 6.07 Å². The first-order valence-corrected chi connectivity index (χ1v) is 8.08. The molecule has 0 unspecified atom stereocenters. The molecule has 1 aliphatic rings. The van der Waals surface area contributed by atoms with Gasteiger partial charge in [0.05, 0.1) is 17.7 Å². The first kappa shape index (κ1) is 15.9. The number of carbonyl (C=O) groups excluding carboxylic acids is 2. The standard InChI is InChI=1S/C18H15N5O3/c1-21-15(14-8-4-5-9-19-14)20-23(18(21)26)11-10-22-16(24)12-6-2-3-7-13(12)17(22)25/h2-9H,10-11H2,1H3. The summed E-state index contributed by atoms with van der Waals surface area (Å²) < 4.78 is 2.64. The van der Waals surface area contributed by atoms with Gasteiger partial charge in [-0.05, 0) is 24.3 Å². The predicted molar refractivity (Wildman–Crippen MR) is 92.5 cm³/mol. The number of carbonyl (C=O) groups is 2. The number of aromatic nitrogens is 4. The van der Waals surface area contributed by atoms with Gasteiger partial charge in [-0.1, -0.05) is 18.2 Å². The highest BCUT2D eigenvalue weighted by Crippen LogP contribution is 2.22. The molecule has 0 spiro atoms. The second-order valence-electron chi connectivity index (χ2n) is 5.91. The minimum atomic E-state index is -0.348. The van der Waals surface area contributed by atoms with Gasteiger partial charge in [0.1, 0.15) is 5.69 Å². The Morgan fingerprint density at radius 2 is 1.54 bits per heavy atom. The van der Waals surface area contributed by atoms with Crippen LogP contribution in [0.2, 0.25) is 0 Å². The van der Waals surface area contributed by atoms with Gasteiger partial charge >= 0.3 is 5.69 Å². The van der Waals surface area contributed by atoms with Crippen LogP contribution in [0.1, 0.15) is 20.7 Å². The van der Waals surface area contributed by atoms with Crippen LogP contribution >= 0.6 is 0 Å². The molecule has 26 heavy (non-hydrogen) atoms. The molecule has 0 bridgehead atoms. The highest BCUT2D eigenvalue weighted by molar-refractivity contribution is 6.21. The third kappa shape index (κ3) is 2.43. The van der Waals surface area contributed by atoms with Crippen LogP contribution in [0.5, 0.6) is 0 Å². The normalized spacial score (nSPS) is 13.3. The molecule has 3 heterocycles. The second kappa shape index (κ2) is 6.07. The Labute approximate surface area is 148 Å². The van der Waals surface area contributed by atoms with Gasteiger partial charge in [-0.2, -0.15) is 0 Å². The molecule has 0 atom stereocenters. The third-order valence-corrected chi connectivity index (χ3v) is 4.35. The van der Waals surface area contributed by atoms with Gasteiger partial charge in [-0.15, -0.1) is 5.10 Å². The van der Waals surface area contributed by atoms with E-state index in [0.29, 0.717) is 22.6 Å². The minimum absolute atomic E-state index is 0.0743. The number of imide groups is 1. The maximum absolute atomic E-state index is 12.4. The summed E-state index contributed by atoms with van der Waals surface area (Å²) in [6, 6.07) is 12.0. The van der Waals surface area contributed by atoms with E-state index < -0.39 is 0 Å². The van der Waals surface area contributed by atoms with Crippen molar-refractivity contribution >= 4 is 11.8 Å². The van der Waals surface area contributed by atoms with Crippen molar-refractivity contribution in [1.82, 2.24) is 24.2 Å². The number of benzene rings is 1. The van der Waals surface area contributed by atoms with Gasteiger partial charge in [0.15, 0.2) is 5.82 Å². The molecular formula is C18H15N5O3. The molecule has 2 amide bonds. The van der Waals surface area contributed by atoms with E-state index in [0.717, 1.165) is 4.90 Å². The van der Waals surface area contributed by atoms with Gasteiger partial charge in [-0.25, -0.2) is 9.48 Å². The molecule has 8 nitrogen and oxygen atoms in total.